The molecule has 2 aromatic rings. The summed E-state index contributed by atoms with van der Waals surface area (Å²) in [5.41, 5.74) is 0.0891. The summed E-state index contributed by atoms with van der Waals surface area (Å²) in [6.07, 6.45) is -0.619. The Bertz CT molecular complexity index is 1010. The van der Waals surface area contributed by atoms with Crippen LogP contribution in [0.25, 0.3) is 0 Å². The molecule has 0 saturated heterocycles. The molecule has 2 rings (SSSR count). The van der Waals surface area contributed by atoms with Crippen LogP contribution in [0.3, 0.4) is 0 Å². The number of methoxy groups -OCH3 is 1. The summed E-state index contributed by atoms with van der Waals surface area (Å²) >= 11 is 0. The zero-order valence-corrected chi connectivity index (χ0v) is 18.7. The lowest BCUT2D eigenvalue weighted by atomic mass is 9.97. The van der Waals surface area contributed by atoms with E-state index in [2.05, 4.69) is 5.32 Å². The van der Waals surface area contributed by atoms with Crippen LogP contribution in [0.15, 0.2) is 48.5 Å². The topological polar surface area (TPSA) is 109 Å². The highest BCUT2D eigenvalue weighted by atomic mass is 16.6. The maximum absolute atomic E-state index is 13.2. The van der Waals surface area contributed by atoms with Gasteiger partial charge in [0.25, 0.3) is 5.91 Å². The monoisotopic (exact) mass is 437 g/mol. The van der Waals surface area contributed by atoms with Crippen LogP contribution < -0.4 is 10.1 Å². The molecule has 0 bridgehead atoms. The fraction of sp³-hybridized carbons (Fsp3) is 0.333. The molecular formula is C24H27N3O5. The smallest absolute Gasteiger partial charge is 0.407 e. The normalized spacial score (nSPS) is 10.6. The molecule has 0 heterocycles. The first-order chi connectivity index (χ1) is 15.2. The number of carbonyl (C=O) groups is 3. The number of carbonyl (C=O) groups excluding carboxylic acids is 3. The van der Waals surface area contributed by atoms with Crippen LogP contribution in [0.5, 0.6) is 5.75 Å². The highest BCUT2D eigenvalue weighted by Gasteiger charge is 2.24. The van der Waals surface area contributed by atoms with E-state index in [4.69, 9.17) is 9.47 Å². The number of benzene rings is 2. The highest BCUT2D eigenvalue weighted by molar-refractivity contribution is 6.15. The third-order valence-electron chi connectivity index (χ3n) is 4.34. The molecule has 8 nitrogen and oxygen atoms in total. The van der Waals surface area contributed by atoms with Gasteiger partial charge < -0.3 is 19.7 Å². The number of rotatable bonds is 8. The van der Waals surface area contributed by atoms with Crippen molar-refractivity contribution in [2.45, 2.75) is 26.4 Å². The Morgan fingerprint density at radius 3 is 2.34 bits per heavy atom. The van der Waals surface area contributed by atoms with Crippen molar-refractivity contribution in [1.29, 1.82) is 5.26 Å². The van der Waals surface area contributed by atoms with Crippen molar-refractivity contribution in [2.24, 2.45) is 0 Å². The molecule has 0 saturated carbocycles. The van der Waals surface area contributed by atoms with Crippen LogP contribution in [0, 0.1) is 11.3 Å². The van der Waals surface area contributed by atoms with Crippen LogP contribution >= 0.6 is 0 Å². The Labute approximate surface area is 187 Å². The minimum Gasteiger partial charge on any atom is -0.497 e. The van der Waals surface area contributed by atoms with E-state index in [9.17, 15) is 19.6 Å². The van der Waals surface area contributed by atoms with E-state index in [0.29, 0.717) is 11.3 Å². The molecular weight excluding hydrogens is 410 g/mol. The maximum Gasteiger partial charge on any atom is 0.407 e. The molecule has 2 aromatic carbocycles. The molecule has 0 aliphatic carbocycles. The Morgan fingerprint density at radius 1 is 1.06 bits per heavy atom. The number of ketones is 1. The first-order valence-corrected chi connectivity index (χ1v) is 10.1. The number of nitrogens with zero attached hydrogens (tertiary/aromatic N) is 2. The van der Waals surface area contributed by atoms with Gasteiger partial charge in [-0.05, 0) is 39.0 Å². The third kappa shape index (κ3) is 6.84. The van der Waals surface area contributed by atoms with E-state index in [0.717, 1.165) is 0 Å². The van der Waals surface area contributed by atoms with Crippen LogP contribution in [-0.4, -0.2) is 55.0 Å². The highest BCUT2D eigenvalue weighted by Crippen LogP contribution is 2.22. The lowest BCUT2D eigenvalue weighted by Crippen LogP contribution is -2.41. The first-order valence-electron chi connectivity index (χ1n) is 10.1. The number of amides is 2. The van der Waals surface area contributed by atoms with Gasteiger partial charge in [-0.2, -0.15) is 5.26 Å². The molecule has 32 heavy (non-hydrogen) atoms. The molecule has 0 atom stereocenters. The summed E-state index contributed by atoms with van der Waals surface area (Å²) in [5.74, 6) is -0.407. The molecule has 1 N–H and O–H groups in total. The van der Waals surface area contributed by atoms with Gasteiger partial charge in [-0.25, -0.2) is 4.79 Å². The number of hydrogen-bond acceptors (Lipinski definition) is 6. The Balaban J connectivity index is 2.25. The van der Waals surface area contributed by atoms with Gasteiger partial charge in [0.05, 0.1) is 18.7 Å². The Kier molecular flexibility index (Phi) is 8.36. The largest absolute Gasteiger partial charge is 0.497 e. The van der Waals surface area contributed by atoms with Crippen LogP contribution in [0.2, 0.25) is 0 Å². The minimum atomic E-state index is -0.651. The van der Waals surface area contributed by atoms with E-state index in [1.54, 1.807) is 57.2 Å². The van der Waals surface area contributed by atoms with Crippen LogP contribution in [-0.2, 0) is 4.74 Å². The van der Waals surface area contributed by atoms with Crippen molar-refractivity contribution in [3.8, 4) is 11.8 Å². The van der Waals surface area contributed by atoms with E-state index in [1.165, 1.54) is 24.1 Å². The van der Waals surface area contributed by atoms with Gasteiger partial charge in [0, 0.05) is 24.2 Å². The zero-order valence-electron chi connectivity index (χ0n) is 18.7. The van der Waals surface area contributed by atoms with E-state index in [1.807, 2.05) is 6.07 Å². The van der Waals surface area contributed by atoms with Crippen molar-refractivity contribution >= 4 is 17.8 Å². The molecule has 0 radical (unpaired) electrons. The predicted molar refractivity (Wildman–Crippen MR) is 119 cm³/mol. The molecule has 0 unspecified atom stereocenters. The van der Waals surface area contributed by atoms with E-state index in [-0.39, 0.29) is 36.5 Å². The minimum absolute atomic E-state index is 0.0661. The van der Waals surface area contributed by atoms with Crippen molar-refractivity contribution < 1.29 is 23.9 Å². The standard InChI is InChI=1S/C24H27N3O5/c1-24(2,3)32-23(30)26-13-15-27(14-12-25)22(29)19-11-10-18(31-4)16-20(19)21(28)17-8-6-5-7-9-17/h5-11,16H,13-15H2,1-4H3,(H,26,30). The lowest BCUT2D eigenvalue weighted by Gasteiger charge is -2.23. The quantitative estimate of drug-likeness (QED) is 0.501. The first kappa shape index (κ1) is 24.4. The molecule has 2 amide bonds. The second kappa shape index (κ2) is 11.0. The molecule has 0 spiro atoms. The fourth-order valence-corrected chi connectivity index (χ4v) is 2.88. The second-order valence-corrected chi connectivity index (χ2v) is 7.92. The molecule has 0 fully saturated rings. The summed E-state index contributed by atoms with van der Waals surface area (Å²) < 4.78 is 10.4. The number of hydrogen-bond donors (Lipinski definition) is 1. The zero-order chi connectivity index (χ0) is 23.7. The van der Waals surface area contributed by atoms with Crippen LogP contribution in [0.4, 0.5) is 4.79 Å². The summed E-state index contributed by atoms with van der Waals surface area (Å²) in [5, 5.41) is 11.8. The molecule has 8 heteroatoms. The van der Waals surface area contributed by atoms with Gasteiger partial charge in [-0.15, -0.1) is 0 Å². The Morgan fingerprint density at radius 2 is 1.75 bits per heavy atom. The molecule has 0 aromatic heterocycles. The third-order valence-corrected chi connectivity index (χ3v) is 4.34. The summed E-state index contributed by atoms with van der Waals surface area (Å²) in [6.45, 7) is 5.17. The average Bonchev–Trinajstić information content (AvgIpc) is 2.76. The van der Waals surface area contributed by atoms with Gasteiger partial charge in [0.2, 0.25) is 0 Å². The van der Waals surface area contributed by atoms with Gasteiger partial charge in [-0.3, -0.25) is 9.59 Å². The van der Waals surface area contributed by atoms with Gasteiger partial charge >= 0.3 is 6.09 Å². The lowest BCUT2D eigenvalue weighted by molar-refractivity contribution is 0.0516. The van der Waals surface area contributed by atoms with Gasteiger partial charge in [0.1, 0.15) is 17.9 Å². The predicted octanol–water partition coefficient (Wildman–Crippen LogP) is 3.42. The van der Waals surface area contributed by atoms with Gasteiger partial charge in [0.15, 0.2) is 5.78 Å². The van der Waals surface area contributed by atoms with E-state index < -0.39 is 17.6 Å². The average molecular weight is 437 g/mol. The van der Waals surface area contributed by atoms with Crippen molar-refractivity contribution in [3.63, 3.8) is 0 Å². The second-order valence-electron chi connectivity index (χ2n) is 7.92. The summed E-state index contributed by atoms with van der Waals surface area (Å²) in [4.78, 5) is 39.4. The van der Waals surface area contributed by atoms with Crippen molar-refractivity contribution in [1.82, 2.24) is 10.2 Å². The SMILES string of the molecule is COc1ccc(C(=O)N(CC#N)CCNC(=O)OC(C)(C)C)c(C(=O)c2ccccc2)c1. The molecule has 0 aliphatic heterocycles. The maximum atomic E-state index is 13.2. The van der Waals surface area contributed by atoms with Gasteiger partial charge in [-0.1, -0.05) is 30.3 Å². The number of nitrogens with one attached hydrogen (secondary N) is 1. The Hall–Kier alpha value is -3.86. The number of ether oxygens (including phenoxy) is 2. The number of nitriles is 1. The fourth-order valence-electron chi connectivity index (χ4n) is 2.88. The molecule has 0 aliphatic rings. The van der Waals surface area contributed by atoms with E-state index >= 15 is 0 Å². The summed E-state index contributed by atoms with van der Waals surface area (Å²) in [7, 11) is 1.47. The summed E-state index contributed by atoms with van der Waals surface area (Å²) in [6, 6.07) is 15.1. The number of alkyl carbamates (subject to hydrolysis) is 1. The van der Waals surface area contributed by atoms with Crippen molar-refractivity contribution in [3.05, 3.63) is 65.2 Å². The molecule has 168 valence electrons. The van der Waals surface area contributed by atoms with Crippen molar-refractivity contribution in [2.75, 3.05) is 26.7 Å². The van der Waals surface area contributed by atoms with Crippen LogP contribution in [0.1, 0.15) is 47.1 Å².